The van der Waals surface area contributed by atoms with Crippen LogP contribution in [0.25, 0.3) is 0 Å². The summed E-state index contributed by atoms with van der Waals surface area (Å²) < 4.78 is 0. The molecule has 0 aliphatic heterocycles. The number of nitrogens with one attached hydrogen (secondary N) is 2. The van der Waals surface area contributed by atoms with Gasteiger partial charge in [-0.25, -0.2) is 0 Å². The third-order valence-corrected chi connectivity index (χ3v) is 3.79. The van der Waals surface area contributed by atoms with Crippen LogP contribution in [0.1, 0.15) is 35.4 Å². The van der Waals surface area contributed by atoms with Gasteiger partial charge in [-0.3, -0.25) is 9.98 Å². The number of aryl methyl sites for hydroxylation is 2. The zero-order valence-electron chi connectivity index (χ0n) is 14.4. The molecule has 4 heteroatoms. The van der Waals surface area contributed by atoms with Crippen molar-refractivity contribution in [3.8, 4) is 0 Å². The molecule has 0 amide bonds. The van der Waals surface area contributed by atoms with E-state index in [0.29, 0.717) is 12.5 Å². The van der Waals surface area contributed by atoms with Gasteiger partial charge in [-0.2, -0.15) is 0 Å². The zero-order chi connectivity index (χ0) is 16.7. The van der Waals surface area contributed by atoms with Crippen LogP contribution in [0.2, 0.25) is 0 Å². The number of guanidine groups is 1. The molecule has 1 aromatic heterocycles. The fraction of sp³-hybridized carbons (Fsp3) is 0.368. The first-order valence-electron chi connectivity index (χ1n) is 8.02. The monoisotopic (exact) mass is 310 g/mol. The van der Waals surface area contributed by atoms with Crippen molar-refractivity contribution >= 4 is 5.96 Å². The van der Waals surface area contributed by atoms with Gasteiger partial charge in [0.05, 0.1) is 12.2 Å². The van der Waals surface area contributed by atoms with Crippen LogP contribution in [0, 0.1) is 13.8 Å². The van der Waals surface area contributed by atoms with Crippen LogP contribution in [-0.4, -0.2) is 24.5 Å². The summed E-state index contributed by atoms with van der Waals surface area (Å²) in [5.41, 5.74) is 4.68. The second kappa shape index (κ2) is 8.32. The van der Waals surface area contributed by atoms with E-state index in [1.165, 1.54) is 11.1 Å². The molecule has 0 saturated carbocycles. The van der Waals surface area contributed by atoms with E-state index in [0.717, 1.165) is 23.9 Å². The highest BCUT2D eigenvalue weighted by atomic mass is 15.2. The maximum atomic E-state index is 4.49. The van der Waals surface area contributed by atoms with Gasteiger partial charge in [-0.15, -0.1) is 0 Å². The molecule has 23 heavy (non-hydrogen) atoms. The van der Waals surface area contributed by atoms with Crippen molar-refractivity contribution in [2.75, 3.05) is 13.6 Å². The Labute approximate surface area is 139 Å². The van der Waals surface area contributed by atoms with Crippen LogP contribution in [0.3, 0.4) is 0 Å². The highest BCUT2D eigenvalue weighted by Gasteiger charge is 2.07. The minimum atomic E-state index is 0.422. The number of rotatable bonds is 5. The van der Waals surface area contributed by atoms with Gasteiger partial charge in [0.2, 0.25) is 0 Å². The maximum Gasteiger partial charge on any atom is 0.191 e. The summed E-state index contributed by atoms with van der Waals surface area (Å²) in [6.45, 7) is 7.85. The molecule has 0 spiro atoms. The molecular weight excluding hydrogens is 284 g/mol. The molecule has 122 valence electrons. The van der Waals surface area contributed by atoms with Crippen LogP contribution in [0.5, 0.6) is 0 Å². The molecule has 0 radical (unpaired) electrons. The van der Waals surface area contributed by atoms with Crippen LogP contribution in [0.15, 0.2) is 47.5 Å². The Morgan fingerprint density at radius 2 is 1.91 bits per heavy atom. The Morgan fingerprint density at radius 3 is 2.61 bits per heavy atom. The third kappa shape index (κ3) is 5.40. The largest absolute Gasteiger partial charge is 0.356 e. The Bertz CT molecular complexity index is 664. The van der Waals surface area contributed by atoms with Gasteiger partial charge >= 0.3 is 0 Å². The molecule has 0 aliphatic rings. The molecule has 0 saturated heterocycles. The van der Waals surface area contributed by atoms with E-state index >= 15 is 0 Å². The zero-order valence-corrected chi connectivity index (χ0v) is 14.4. The summed E-state index contributed by atoms with van der Waals surface area (Å²) in [6.07, 6.45) is 0. The number of benzene rings is 1. The second-order valence-corrected chi connectivity index (χ2v) is 5.89. The molecular formula is C19H26N4. The molecule has 1 heterocycles. The normalized spacial score (nSPS) is 12.8. The number of nitrogens with zero attached hydrogens (tertiary/aromatic N) is 2. The lowest BCUT2D eigenvalue weighted by atomic mass is 9.99. The fourth-order valence-electron chi connectivity index (χ4n) is 2.44. The van der Waals surface area contributed by atoms with Gasteiger partial charge in [-0.1, -0.05) is 42.8 Å². The lowest BCUT2D eigenvalue weighted by Gasteiger charge is -2.16. The summed E-state index contributed by atoms with van der Waals surface area (Å²) in [6, 6.07) is 14.7. The third-order valence-electron chi connectivity index (χ3n) is 3.79. The number of hydrogen-bond acceptors (Lipinski definition) is 2. The van der Waals surface area contributed by atoms with E-state index in [1.807, 2.05) is 25.1 Å². The van der Waals surface area contributed by atoms with Crippen molar-refractivity contribution in [3.63, 3.8) is 0 Å². The summed E-state index contributed by atoms with van der Waals surface area (Å²) in [7, 11) is 1.79. The molecule has 4 nitrogen and oxygen atoms in total. The number of aromatic nitrogens is 1. The number of pyridine rings is 1. The topological polar surface area (TPSA) is 49.3 Å². The van der Waals surface area contributed by atoms with Gasteiger partial charge < -0.3 is 10.6 Å². The minimum absolute atomic E-state index is 0.422. The molecule has 2 rings (SSSR count). The first-order chi connectivity index (χ1) is 11.1. The lowest BCUT2D eigenvalue weighted by Crippen LogP contribution is -2.38. The molecule has 1 atom stereocenters. The van der Waals surface area contributed by atoms with Gasteiger partial charge in [0.1, 0.15) is 0 Å². The summed E-state index contributed by atoms with van der Waals surface area (Å²) in [4.78, 5) is 8.76. The number of aliphatic imine (C=N–C) groups is 1. The van der Waals surface area contributed by atoms with Gasteiger partial charge in [0, 0.05) is 19.3 Å². The van der Waals surface area contributed by atoms with E-state index in [1.54, 1.807) is 7.05 Å². The molecule has 1 aromatic carbocycles. The van der Waals surface area contributed by atoms with Crippen molar-refractivity contribution in [2.45, 2.75) is 33.2 Å². The first kappa shape index (κ1) is 17.0. The Kier molecular flexibility index (Phi) is 6.15. The molecule has 0 aliphatic carbocycles. The van der Waals surface area contributed by atoms with Crippen molar-refractivity contribution < 1.29 is 0 Å². The van der Waals surface area contributed by atoms with E-state index in [9.17, 15) is 0 Å². The van der Waals surface area contributed by atoms with Crippen LogP contribution in [-0.2, 0) is 6.54 Å². The predicted octanol–water partition coefficient (Wildman–Crippen LogP) is 3.17. The van der Waals surface area contributed by atoms with Crippen molar-refractivity contribution in [1.29, 1.82) is 0 Å². The van der Waals surface area contributed by atoms with Gasteiger partial charge in [0.25, 0.3) is 0 Å². The second-order valence-electron chi connectivity index (χ2n) is 5.89. The Balaban J connectivity index is 1.85. The summed E-state index contributed by atoms with van der Waals surface area (Å²) >= 11 is 0. The van der Waals surface area contributed by atoms with E-state index < -0.39 is 0 Å². The van der Waals surface area contributed by atoms with Crippen LogP contribution >= 0.6 is 0 Å². The van der Waals surface area contributed by atoms with E-state index in [-0.39, 0.29) is 0 Å². The molecule has 0 fully saturated rings. The average molecular weight is 310 g/mol. The summed E-state index contributed by atoms with van der Waals surface area (Å²) in [5.74, 6) is 1.22. The average Bonchev–Trinajstić information content (AvgIpc) is 2.55. The van der Waals surface area contributed by atoms with Gasteiger partial charge in [-0.05, 0) is 37.5 Å². The minimum Gasteiger partial charge on any atom is -0.356 e. The quantitative estimate of drug-likeness (QED) is 0.659. The number of hydrogen-bond donors (Lipinski definition) is 2. The first-order valence-corrected chi connectivity index (χ1v) is 8.02. The molecule has 1 unspecified atom stereocenters. The highest BCUT2D eigenvalue weighted by molar-refractivity contribution is 5.79. The highest BCUT2D eigenvalue weighted by Crippen LogP contribution is 2.15. The fourth-order valence-corrected chi connectivity index (χ4v) is 2.44. The SMILES string of the molecule is CN=C(NCc1cccc(C)n1)NCC(C)c1cccc(C)c1. The predicted molar refractivity (Wildman–Crippen MR) is 96.8 cm³/mol. The summed E-state index contributed by atoms with van der Waals surface area (Å²) in [5, 5.41) is 6.69. The van der Waals surface area contributed by atoms with Gasteiger partial charge in [0.15, 0.2) is 5.96 Å². The lowest BCUT2D eigenvalue weighted by molar-refractivity contribution is 0.696. The van der Waals surface area contributed by atoms with Crippen molar-refractivity contribution in [1.82, 2.24) is 15.6 Å². The van der Waals surface area contributed by atoms with Crippen LogP contribution < -0.4 is 10.6 Å². The van der Waals surface area contributed by atoms with Crippen molar-refractivity contribution in [2.24, 2.45) is 4.99 Å². The van der Waals surface area contributed by atoms with Crippen LogP contribution in [0.4, 0.5) is 0 Å². The molecule has 0 bridgehead atoms. The smallest absolute Gasteiger partial charge is 0.191 e. The Hall–Kier alpha value is -2.36. The standard InChI is InChI=1S/C19H26N4/c1-14-7-5-9-17(11-14)15(2)12-21-19(20-4)22-13-18-10-6-8-16(3)23-18/h5-11,15H,12-13H2,1-4H3,(H2,20,21,22). The maximum absolute atomic E-state index is 4.49. The molecule has 2 aromatic rings. The van der Waals surface area contributed by atoms with E-state index in [4.69, 9.17) is 0 Å². The Morgan fingerprint density at radius 1 is 1.13 bits per heavy atom. The van der Waals surface area contributed by atoms with E-state index in [2.05, 4.69) is 58.7 Å². The molecule has 2 N–H and O–H groups in total. The van der Waals surface area contributed by atoms with Crippen molar-refractivity contribution in [3.05, 3.63) is 65.0 Å².